The standard InChI is InChI=1S/C15H28N2O2S/c1-13(14(18)17-8-10-19-11-9-17)16-12-15(20-2)6-4-3-5-7-15/h13,16H,3-12H2,1-2H3. The molecule has 1 atom stereocenters. The molecule has 1 aliphatic heterocycles. The van der Waals surface area contributed by atoms with E-state index in [9.17, 15) is 4.79 Å². The fraction of sp³-hybridized carbons (Fsp3) is 0.933. The van der Waals surface area contributed by atoms with Crippen molar-refractivity contribution >= 4 is 17.7 Å². The Bertz CT molecular complexity index is 313. The number of thioether (sulfide) groups is 1. The first-order chi connectivity index (χ1) is 9.67. The molecular weight excluding hydrogens is 272 g/mol. The maximum Gasteiger partial charge on any atom is 0.239 e. The van der Waals surface area contributed by atoms with Crippen LogP contribution in [0.2, 0.25) is 0 Å². The molecule has 1 N–H and O–H groups in total. The van der Waals surface area contributed by atoms with Crippen LogP contribution in [0.4, 0.5) is 0 Å². The first kappa shape index (κ1) is 16.1. The molecular formula is C15H28N2O2S. The Kier molecular flexibility index (Phi) is 6.18. The Morgan fingerprint density at radius 3 is 2.55 bits per heavy atom. The summed E-state index contributed by atoms with van der Waals surface area (Å²) in [6.45, 7) is 5.76. The second-order valence-corrected chi connectivity index (χ2v) is 7.26. The Morgan fingerprint density at radius 1 is 1.30 bits per heavy atom. The minimum atomic E-state index is -0.0842. The summed E-state index contributed by atoms with van der Waals surface area (Å²) in [7, 11) is 0. The van der Waals surface area contributed by atoms with E-state index >= 15 is 0 Å². The lowest BCUT2D eigenvalue weighted by Gasteiger charge is -2.37. The average Bonchev–Trinajstić information content (AvgIpc) is 2.53. The van der Waals surface area contributed by atoms with Gasteiger partial charge in [0.05, 0.1) is 19.3 Å². The van der Waals surface area contributed by atoms with Crippen LogP contribution in [0.1, 0.15) is 39.0 Å². The molecule has 1 amide bonds. The van der Waals surface area contributed by atoms with E-state index in [2.05, 4.69) is 11.6 Å². The Morgan fingerprint density at radius 2 is 1.95 bits per heavy atom. The van der Waals surface area contributed by atoms with Crippen LogP contribution in [-0.4, -0.2) is 60.7 Å². The first-order valence-corrected chi connectivity index (χ1v) is 9.04. The van der Waals surface area contributed by atoms with Crippen LogP contribution < -0.4 is 5.32 Å². The van der Waals surface area contributed by atoms with Crippen LogP contribution in [0.25, 0.3) is 0 Å². The Labute approximate surface area is 127 Å². The van der Waals surface area contributed by atoms with Gasteiger partial charge in [0.1, 0.15) is 0 Å². The maximum absolute atomic E-state index is 12.4. The van der Waals surface area contributed by atoms with E-state index in [-0.39, 0.29) is 11.9 Å². The second-order valence-electron chi connectivity index (χ2n) is 5.99. The van der Waals surface area contributed by atoms with E-state index in [1.54, 1.807) is 0 Å². The fourth-order valence-corrected chi connectivity index (χ4v) is 4.06. The normalized spacial score (nSPS) is 24.4. The van der Waals surface area contributed by atoms with Crippen molar-refractivity contribution in [2.45, 2.75) is 49.8 Å². The third kappa shape index (κ3) is 4.12. The van der Waals surface area contributed by atoms with Gasteiger partial charge < -0.3 is 15.0 Å². The summed E-state index contributed by atoms with van der Waals surface area (Å²) in [4.78, 5) is 14.3. The number of hydrogen-bond acceptors (Lipinski definition) is 4. The molecule has 4 nitrogen and oxygen atoms in total. The van der Waals surface area contributed by atoms with Gasteiger partial charge in [-0.05, 0) is 26.0 Å². The van der Waals surface area contributed by atoms with Gasteiger partial charge in [0.25, 0.3) is 0 Å². The molecule has 1 aliphatic carbocycles. The van der Waals surface area contributed by atoms with Gasteiger partial charge in [0, 0.05) is 24.4 Å². The number of carbonyl (C=O) groups excluding carboxylic acids is 1. The molecule has 20 heavy (non-hydrogen) atoms. The number of carbonyl (C=O) groups is 1. The fourth-order valence-electron chi connectivity index (χ4n) is 3.13. The molecule has 1 unspecified atom stereocenters. The summed E-state index contributed by atoms with van der Waals surface area (Å²) >= 11 is 1.98. The molecule has 1 saturated heterocycles. The smallest absolute Gasteiger partial charge is 0.239 e. The zero-order valence-corrected chi connectivity index (χ0v) is 13.6. The monoisotopic (exact) mass is 300 g/mol. The minimum Gasteiger partial charge on any atom is -0.378 e. The van der Waals surface area contributed by atoms with E-state index in [0.29, 0.717) is 18.0 Å². The van der Waals surface area contributed by atoms with Crippen LogP contribution in [0.5, 0.6) is 0 Å². The molecule has 0 spiro atoms. The number of nitrogens with one attached hydrogen (secondary N) is 1. The van der Waals surface area contributed by atoms with E-state index in [1.807, 2.05) is 23.6 Å². The predicted octanol–water partition coefficient (Wildman–Crippen LogP) is 1.89. The number of nitrogens with zero attached hydrogens (tertiary/aromatic N) is 1. The number of ether oxygens (including phenoxy) is 1. The molecule has 2 rings (SSSR count). The molecule has 5 heteroatoms. The first-order valence-electron chi connectivity index (χ1n) is 7.82. The topological polar surface area (TPSA) is 41.6 Å². The summed E-state index contributed by atoms with van der Waals surface area (Å²) in [6, 6.07) is -0.0842. The molecule has 0 bridgehead atoms. The molecule has 0 aromatic heterocycles. The van der Waals surface area contributed by atoms with Crippen LogP contribution in [0.15, 0.2) is 0 Å². The Balaban J connectivity index is 1.80. The third-order valence-corrected chi connectivity index (χ3v) is 6.04. The van der Waals surface area contributed by atoms with Gasteiger partial charge in [-0.2, -0.15) is 11.8 Å². The highest BCUT2D eigenvalue weighted by Gasteiger charge is 2.32. The van der Waals surface area contributed by atoms with E-state index in [1.165, 1.54) is 32.1 Å². The van der Waals surface area contributed by atoms with Gasteiger partial charge in [-0.3, -0.25) is 4.79 Å². The zero-order chi connectivity index (χ0) is 14.4. The quantitative estimate of drug-likeness (QED) is 0.842. The van der Waals surface area contributed by atoms with Crippen LogP contribution in [0.3, 0.4) is 0 Å². The van der Waals surface area contributed by atoms with Gasteiger partial charge in [0.2, 0.25) is 5.91 Å². The summed E-state index contributed by atoms with van der Waals surface area (Å²) < 4.78 is 5.65. The molecule has 116 valence electrons. The molecule has 1 saturated carbocycles. The minimum absolute atomic E-state index is 0.0842. The van der Waals surface area contributed by atoms with Crippen LogP contribution in [-0.2, 0) is 9.53 Å². The van der Waals surface area contributed by atoms with Crippen molar-refractivity contribution in [3.8, 4) is 0 Å². The molecule has 0 aromatic rings. The molecule has 0 radical (unpaired) electrons. The van der Waals surface area contributed by atoms with Gasteiger partial charge in [-0.15, -0.1) is 0 Å². The third-order valence-electron chi connectivity index (χ3n) is 4.62. The van der Waals surface area contributed by atoms with E-state index in [0.717, 1.165) is 19.6 Å². The zero-order valence-electron chi connectivity index (χ0n) is 12.8. The van der Waals surface area contributed by atoms with Crippen molar-refractivity contribution in [1.29, 1.82) is 0 Å². The Hall–Kier alpha value is -0.260. The molecule has 1 heterocycles. The number of rotatable bonds is 5. The lowest BCUT2D eigenvalue weighted by Crippen LogP contribution is -2.52. The van der Waals surface area contributed by atoms with Crippen molar-refractivity contribution < 1.29 is 9.53 Å². The maximum atomic E-state index is 12.4. The number of morpholine rings is 1. The highest BCUT2D eigenvalue weighted by atomic mass is 32.2. The summed E-state index contributed by atoms with van der Waals surface area (Å²) in [6.07, 6.45) is 8.79. The second kappa shape index (κ2) is 7.66. The van der Waals surface area contributed by atoms with Crippen molar-refractivity contribution in [3.05, 3.63) is 0 Å². The SMILES string of the molecule is CSC1(CNC(C)C(=O)N2CCOCC2)CCCCC1. The van der Waals surface area contributed by atoms with Gasteiger partial charge in [-0.1, -0.05) is 19.3 Å². The number of amides is 1. The highest BCUT2D eigenvalue weighted by Crippen LogP contribution is 2.38. The van der Waals surface area contributed by atoms with Crippen molar-refractivity contribution in [1.82, 2.24) is 10.2 Å². The average molecular weight is 300 g/mol. The van der Waals surface area contributed by atoms with Crippen LogP contribution in [0, 0.1) is 0 Å². The van der Waals surface area contributed by atoms with Crippen LogP contribution >= 0.6 is 11.8 Å². The summed E-state index contributed by atoms with van der Waals surface area (Å²) in [5.41, 5.74) is 0. The van der Waals surface area contributed by atoms with E-state index < -0.39 is 0 Å². The lowest BCUT2D eigenvalue weighted by molar-refractivity contribution is -0.137. The lowest BCUT2D eigenvalue weighted by atomic mass is 9.88. The van der Waals surface area contributed by atoms with Gasteiger partial charge in [-0.25, -0.2) is 0 Å². The van der Waals surface area contributed by atoms with Crippen molar-refractivity contribution in [2.24, 2.45) is 0 Å². The predicted molar refractivity (Wildman–Crippen MR) is 84.2 cm³/mol. The van der Waals surface area contributed by atoms with Gasteiger partial charge in [0.15, 0.2) is 0 Å². The van der Waals surface area contributed by atoms with Crippen molar-refractivity contribution in [2.75, 3.05) is 39.1 Å². The molecule has 2 aliphatic rings. The molecule has 0 aromatic carbocycles. The van der Waals surface area contributed by atoms with Crippen molar-refractivity contribution in [3.63, 3.8) is 0 Å². The largest absolute Gasteiger partial charge is 0.378 e. The number of hydrogen-bond donors (Lipinski definition) is 1. The van der Waals surface area contributed by atoms with E-state index in [4.69, 9.17) is 4.74 Å². The summed E-state index contributed by atoms with van der Waals surface area (Å²) in [5, 5.41) is 3.49. The highest BCUT2D eigenvalue weighted by molar-refractivity contribution is 8.00. The molecule has 2 fully saturated rings. The van der Waals surface area contributed by atoms with Gasteiger partial charge >= 0.3 is 0 Å². The summed E-state index contributed by atoms with van der Waals surface area (Å²) in [5.74, 6) is 0.223.